The van der Waals surface area contributed by atoms with Crippen LogP contribution in [0, 0.1) is 11.6 Å². The molecule has 1 aromatic heterocycles. The molecule has 37 heavy (non-hydrogen) atoms. The molecule has 1 saturated carbocycles. The summed E-state index contributed by atoms with van der Waals surface area (Å²) < 4.78 is 27.5. The van der Waals surface area contributed by atoms with Crippen LogP contribution < -0.4 is 10.6 Å². The summed E-state index contributed by atoms with van der Waals surface area (Å²) in [6.45, 7) is 1.55. The van der Waals surface area contributed by atoms with E-state index in [-0.39, 0.29) is 24.4 Å². The quantitative estimate of drug-likeness (QED) is 0.311. The highest BCUT2D eigenvalue weighted by Gasteiger charge is 2.35. The maximum atomic E-state index is 13.7. The molecule has 1 amide bonds. The molecule has 1 heterocycles. The van der Waals surface area contributed by atoms with Crippen molar-refractivity contribution in [2.75, 3.05) is 6.54 Å². The molecule has 8 heteroatoms. The number of aliphatic hydroxyl groups excluding tert-OH is 1. The van der Waals surface area contributed by atoms with Crippen LogP contribution in [0.3, 0.4) is 0 Å². The van der Waals surface area contributed by atoms with Gasteiger partial charge < -0.3 is 15.7 Å². The van der Waals surface area contributed by atoms with Crippen molar-refractivity contribution in [2.45, 2.75) is 63.1 Å². The summed E-state index contributed by atoms with van der Waals surface area (Å²) in [6, 6.07) is 14.5. The first-order valence-corrected chi connectivity index (χ1v) is 13.4. The second kappa shape index (κ2) is 12.1. The highest BCUT2D eigenvalue weighted by atomic mass is 32.1. The Kier molecular flexibility index (Phi) is 8.84. The number of amides is 1. The number of benzene rings is 2. The summed E-state index contributed by atoms with van der Waals surface area (Å²) in [5.41, 5.74) is 2.15. The average molecular weight is 527 g/mol. The third-order valence-corrected chi connectivity index (χ3v) is 8.09. The van der Waals surface area contributed by atoms with E-state index in [1.54, 1.807) is 0 Å². The summed E-state index contributed by atoms with van der Waals surface area (Å²) in [4.78, 5) is 24.7. The lowest BCUT2D eigenvalue weighted by Gasteiger charge is -2.40. The number of carbonyl (C=O) groups is 2. The van der Waals surface area contributed by atoms with Gasteiger partial charge in [-0.25, -0.2) is 8.78 Å². The van der Waals surface area contributed by atoms with Crippen LogP contribution in [0.15, 0.2) is 54.6 Å². The van der Waals surface area contributed by atoms with Crippen LogP contribution in [0.4, 0.5) is 8.78 Å². The van der Waals surface area contributed by atoms with Crippen LogP contribution in [0.1, 0.15) is 59.8 Å². The SMILES string of the molecule is CC(=O)N[C@@H](Cc1cc(F)cc(F)c1)[C@H](O)CNC1(c2cccc(-c3ccc(C=O)s3)c2)CCCCC1. The Morgan fingerprint density at radius 2 is 1.81 bits per heavy atom. The predicted octanol–water partition coefficient (Wildman–Crippen LogP) is 5.36. The lowest BCUT2D eigenvalue weighted by atomic mass is 9.76. The van der Waals surface area contributed by atoms with E-state index in [1.165, 1.54) is 30.4 Å². The molecule has 5 nitrogen and oxygen atoms in total. The van der Waals surface area contributed by atoms with Crippen molar-refractivity contribution in [3.8, 4) is 10.4 Å². The number of aliphatic hydroxyl groups is 1. The van der Waals surface area contributed by atoms with E-state index in [9.17, 15) is 23.5 Å². The van der Waals surface area contributed by atoms with Crippen molar-refractivity contribution < 1.29 is 23.5 Å². The van der Waals surface area contributed by atoms with Crippen LogP contribution in [-0.2, 0) is 16.8 Å². The Balaban J connectivity index is 1.54. The van der Waals surface area contributed by atoms with Crippen molar-refractivity contribution in [1.29, 1.82) is 0 Å². The lowest BCUT2D eigenvalue weighted by molar-refractivity contribution is -0.120. The minimum atomic E-state index is -0.982. The number of halogens is 2. The largest absolute Gasteiger partial charge is 0.390 e. The fraction of sp³-hybridized carbons (Fsp3) is 0.379. The van der Waals surface area contributed by atoms with Gasteiger partial charge in [-0.05, 0) is 66.3 Å². The van der Waals surface area contributed by atoms with Crippen LogP contribution in [0.25, 0.3) is 10.4 Å². The number of rotatable bonds is 10. The molecule has 0 unspecified atom stereocenters. The van der Waals surface area contributed by atoms with Gasteiger partial charge in [-0.1, -0.05) is 37.5 Å². The fourth-order valence-electron chi connectivity index (χ4n) is 5.23. The number of hydrogen-bond acceptors (Lipinski definition) is 5. The predicted molar refractivity (Wildman–Crippen MR) is 142 cm³/mol. The molecule has 2 atom stereocenters. The lowest BCUT2D eigenvalue weighted by Crippen LogP contribution is -2.53. The molecule has 4 rings (SSSR count). The van der Waals surface area contributed by atoms with Gasteiger partial charge in [-0.15, -0.1) is 11.3 Å². The number of aldehydes is 1. The molecule has 3 N–H and O–H groups in total. The Morgan fingerprint density at radius 1 is 1.08 bits per heavy atom. The van der Waals surface area contributed by atoms with Crippen molar-refractivity contribution in [3.05, 3.63) is 82.2 Å². The third-order valence-electron chi connectivity index (χ3n) is 7.03. The molecule has 1 aliphatic carbocycles. The van der Waals surface area contributed by atoms with Gasteiger partial charge >= 0.3 is 0 Å². The van der Waals surface area contributed by atoms with E-state index in [0.717, 1.165) is 60.5 Å². The normalized spacial score (nSPS) is 16.6. The third kappa shape index (κ3) is 6.89. The molecule has 1 aliphatic rings. The van der Waals surface area contributed by atoms with Gasteiger partial charge in [0.05, 0.1) is 17.0 Å². The zero-order valence-corrected chi connectivity index (χ0v) is 21.6. The Hall–Kier alpha value is -2.94. The minimum Gasteiger partial charge on any atom is -0.390 e. The molecule has 1 fully saturated rings. The Bertz CT molecular complexity index is 1220. The van der Waals surface area contributed by atoms with Crippen molar-refractivity contribution in [1.82, 2.24) is 10.6 Å². The summed E-state index contributed by atoms with van der Waals surface area (Å²) >= 11 is 1.45. The molecule has 196 valence electrons. The van der Waals surface area contributed by atoms with Crippen LogP contribution in [0.2, 0.25) is 0 Å². The van der Waals surface area contributed by atoms with Crippen molar-refractivity contribution >= 4 is 23.5 Å². The zero-order chi connectivity index (χ0) is 26.4. The van der Waals surface area contributed by atoms with Crippen molar-refractivity contribution in [2.24, 2.45) is 0 Å². The second-order valence-corrected chi connectivity index (χ2v) is 10.9. The first-order valence-electron chi connectivity index (χ1n) is 12.6. The van der Waals surface area contributed by atoms with E-state index in [4.69, 9.17) is 0 Å². The van der Waals surface area contributed by atoms with E-state index >= 15 is 0 Å². The zero-order valence-electron chi connectivity index (χ0n) is 20.8. The fourth-order valence-corrected chi connectivity index (χ4v) is 6.05. The summed E-state index contributed by atoms with van der Waals surface area (Å²) in [5.74, 6) is -1.72. The molecule has 2 aromatic carbocycles. The maximum absolute atomic E-state index is 13.7. The minimum absolute atomic E-state index is 0.0943. The number of nitrogens with one attached hydrogen (secondary N) is 2. The van der Waals surface area contributed by atoms with E-state index in [1.807, 2.05) is 24.3 Å². The van der Waals surface area contributed by atoms with E-state index < -0.39 is 23.8 Å². The molecule has 3 aromatic rings. The Labute approximate surface area is 219 Å². The van der Waals surface area contributed by atoms with Crippen LogP contribution in [0.5, 0.6) is 0 Å². The standard InChI is InChI=1S/C29H32F2N2O3S/c1-19(35)33-26(14-20-12-23(30)16-24(31)13-20)27(36)17-32-29(10-3-2-4-11-29)22-7-5-6-21(15-22)28-9-8-25(18-34)37-28/h5-9,12-13,15-16,18,26-27,32,36H,2-4,10-11,14,17H2,1H3,(H,33,35)/t26-,27+/m0/s1. The van der Waals surface area contributed by atoms with E-state index in [2.05, 4.69) is 22.8 Å². The molecular formula is C29H32F2N2O3S. The van der Waals surface area contributed by atoms with E-state index in [0.29, 0.717) is 10.4 Å². The smallest absolute Gasteiger partial charge is 0.217 e. The van der Waals surface area contributed by atoms with Gasteiger partial charge in [0.15, 0.2) is 6.29 Å². The molecule has 0 radical (unpaired) electrons. The first kappa shape index (κ1) is 27.1. The van der Waals surface area contributed by atoms with Gasteiger partial charge in [0, 0.05) is 30.0 Å². The molecule has 0 spiro atoms. The van der Waals surface area contributed by atoms with Gasteiger partial charge in [0.25, 0.3) is 0 Å². The highest BCUT2D eigenvalue weighted by Crippen LogP contribution is 2.39. The van der Waals surface area contributed by atoms with Crippen molar-refractivity contribution in [3.63, 3.8) is 0 Å². The van der Waals surface area contributed by atoms with Gasteiger partial charge in [0.2, 0.25) is 5.91 Å². The number of carbonyl (C=O) groups excluding carboxylic acids is 2. The Morgan fingerprint density at radius 3 is 2.46 bits per heavy atom. The van der Waals surface area contributed by atoms with Gasteiger partial charge in [0.1, 0.15) is 11.6 Å². The number of hydrogen-bond donors (Lipinski definition) is 3. The molecule has 0 aliphatic heterocycles. The van der Waals surface area contributed by atoms with Crippen LogP contribution in [-0.4, -0.2) is 36.0 Å². The van der Waals surface area contributed by atoms with Gasteiger partial charge in [-0.2, -0.15) is 0 Å². The summed E-state index contributed by atoms with van der Waals surface area (Å²) in [7, 11) is 0. The maximum Gasteiger partial charge on any atom is 0.217 e. The molecule has 0 saturated heterocycles. The van der Waals surface area contributed by atoms with Gasteiger partial charge in [-0.3, -0.25) is 9.59 Å². The number of thiophene rings is 1. The first-order chi connectivity index (χ1) is 17.8. The van der Waals surface area contributed by atoms with Crippen LogP contribution >= 0.6 is 11.3 Å². The second-order valence-electron chi connectivity index (χ2n) is 9.78. The molecular weight excluding hydrogens is 494 g/mol. The monoisotopic (exact) mass is 526 g/mol. The summed E-state index contributed by atoms with van der Waals surface area (Å²) in [6.07, 6.45) is 4.98. The topological polar surface area (TPSA) is 78.4 Å². The summed E-state index contributed by atoms with van der Waals surface area (Å²) in [5, 5.41) is 17.5. The highest BCUT2D eigenvalue weighted by molar-refractivity contribution is 7.17. The average Bonchev–Trinajstić information content (AvgIpc) is 3.36. The molecule has 0 bridgehead atoms.